The van der Waals surface area contributed by atoms with Crippen LogP contribution < -0.4 is 19.7 Å². The maximum atomic E-state index is 14.8. The molecule has 1 saturated heterocycles. The van der Waals surface area contributed by atoms with Gasteiger partial charge < -0.3 is 29.5 Å². The maximum Gasteiger partial charge on any atom is 0.264 e. The number of para-hydroxylation sites is 1. The topological polar surface area (TPSA) is 97.3 Å². The standard InChI is InChI=1S/C39H42N2O6/c1-25-35(38(2,3)28-15-19-31(46-5)20-16-28)34(21-22-42)47-39(25)32-11-6-7-12-33(32)41(37(39)44)24-26-9-8-10-29(23-26)40-36(43)27-13-17-30(45-4)18-14-27/h6-20,23,25,34-35,42H,21-22,24H2,1-5H3,(H,40,43)/t25-,34+,35-,39+/m1/s1. The molecule has 0 radical (unpaired) electrons. The van der Waals surface area contributed by atoms with Crippen molar-refractivity contribution >= 4 is 23.2 Å². The Morgan fingerprint density at radius 2 is 1.60 bits per heavy atom. The molecule has 244 valence electrons. The molecular formula is C39H42N2O6. The lowest BCUT2D eigenvalue weighted by atomic mass is 9.63. The van der Waals surface area contributed by atoms with Crippen LogP contribution in [0.15, 0.2) is 97.1 Å². The Hall–Kier alpha value is -4.66. The van der Waals surface area contributed by atoms with Gasteiger partial charge in [0.05, 0.1) is 32.6 Å². The third kappa shape index (κ3) is 5.66. The molecule has 8 nitrogen and oxygen atoms in total. The zero-order valence-electron chi connectivity index (χ0n) is 27.5. The molecule has 4 aromatic rings. The number of hydrogen-bond donors (Lipinski definition) is 2. The molecule has 0 saturated carbocycles. The summed E-state index contributed by atoms with van der Waals surface area (Å²) in [6.45, 7) is 6.75. The van der Waals surface area contributed by atoms with E-state index in [9.17, 15) is 14.7 Å². The van der Waals surface area contributed by atoms with Crippen LogP contribution in [0.2, 0.25) is 0 Å². The van der Waals surface area contributed by atoms with Crippen LogP contribution >= 0.6 is 0 Å². The molecule has 0 aliphatic carbocycles. The molecule has 47 heavy (non-hydrogen) atoms. The minimum Gasteiger partial charge on any atom is -0.497 e. The van der Waals surface area contributed by atoms with E-state index in [0.29, 0.717) is 30.0 Å². The number of anilines is 2. The Labute approximate surface area is 276 Å². The van der Waals surface area contributed by atoms with E-state index in [2.05, 4.69) is 38.2 Å². The summed E-state index contributed by atoms with van der Waals surface area (Å²) in [5.41, 5.74) is 3.19. The summed E-state index contributed by atoms with van der Waals surface area (Å²) in [4.78, 5) is 29.6. The van der Waals surface area contributed by atoms with Gasteiger partial charge in [-0.15, -0.1) is 0 Å². The van der Waals surface area contributed by atoms with Crippen LogP contribution in [0.1, 0.15) is 54.2 Å². The number of fused-ring (bicyclic) bond motifs is 2. The van der Waals surface area contributed by atoms with Crippen LogP contribution in [0.25, 0.3) is 0 Å². The molecule has 8 heteroatoms. The highest BCUT2D eigenvalue weighted by atomic mass is 16.5. The van der Waals surface area contributed by atoms with Crippen LogP contribution in [0.5, 0.6) is 11.5 Å². The fourth-order valence-corrected chi connectivity index (χ4v) is 7.70. The van der Waals surface area contributed by atoms with Crippen LogP contribution in [0, 0.1) is 11.8 Å². The first-order valence-corrected chi connectivity index (χ1v) is 16.0. The van der Waals surface area contributed by atoms with E-state index in [-0.39, 0.29) is 41.8 Å². The molecule has 0 aromatic heterocycles. The van der Waals surface area contributed by atoms with Crippen molar-refractivity contribution in [3.8, 4) is 11.5 Å². The van der Waals surface area contributed by atoms with Crippen LogP contribution in [0.4, 0.5) is 11.4 Å². The molecule has 2 aliphatic heterocycles. The lowest BCUT2D eigenvalue weighted by Gasteiger charge is -2.38. The van der Waals surface area contributed by atoms with Gasteiger partial charge in [0, 0.05) is 35.3 Å². The van der Waals surface area contributed by atoms with Crippen LogP contribution in [0.3, 0.4) is 0 Å². The number of aliphatic hydroxyl groups excluding tert-OH is 1. The molecule has 0 bridgehead atoms. The summed E-state index contributed by atoms with van der Waals surface area (Å²) in [6.07, 6.45) is 0.0717. The molecule has 2 heterocycles. The second-order valence-electron chi connectivity index (χ2n) is 13.0. The lowest BCUT2D eigenvalue weighted by Crippen LogP contribution is -2.45. The Kier molecular flexibility index (Phi) is 8.83. The van der Waals surface area contributed by atoms with Crippen molar-refractivity contribution in [1.29, 1.82) is 0 Å². The van der Waals surface area contributed by atoms with Gasteiger partial charge >= 0.3 is 0 Å². The number of methoxy groups -OCH3 is 2. The highest BCUT2D eigenvalue weighted by molar-refractivity contribution is 6.07. The summed E-state index contributed by atoms with van der Waals surface area (Å²) in [5.74, 6) is 0.829. The average Bonchev–Trinajstić information content (AvgIpc) is 3.51. The van der Waals surface area contributed by atoms with E-state index < -0.39 is 5.60 Å². The Morgan fingerprint density at radius 3 is 2.26 bits per heavy atom. The summed E-state index contributed by atoms with van der Waals surface area (Å²) >= 11 is 0. The fraction of sp³-hybridized carbons (Fsp3) is 0.333. The molecule has 1 spiro atoms. The van der Waals surface area contributed by atoms with Crippen molar-refractivity contribution in [2.45, 2.75) is 50.9 Å². The number of amides is 2. The minimum atomic E-state index is -1.20. The number of carbonyl (C=O) groups is 2. The largest absolute Gasteiger partial charge is 0.497 e. The van der Waals surface area contributed by atoms with Crippen molar-refractivity contribution in [2.24, 2.45) is 11.8 Å². The quantitative estimate of drug-likeness (QED) is 0.201. The van der Waals surface area contributed by atoms with Gasteiger partial charge in [0.25, 0.3) is 11.8 Å². The number of ether oxygens (including phenoxy) is 3. The predicted octanol–water partition coefficient (Wildman–Crippen LogP) is 6.71. The van der Waals surface area contributed by atoms with E-state index in [1.54, 1.807) is 43.4 Å². The number of hydrogen-bond acceptors (Lipinski definition) is 6. The molecular weight excluding hydrogens is 592 g/mol. The lowest BCUT2D eigenvalue weighted by molar-refractivity contribution is -0.146. The van der Waals surface area contributed by atoms with Gasteiger partial charge in [-0.05, 0) is 77.6 Å². The summed E-state index contributed by atoms with van der Waals surface area (Å²) < 4.78 is 17.5. The number of carbonyl (C=O) groups excluding carboxylic acids is 2. The van der Waals surface area contributed by atoms with Crippen molar-refractivity contribution in [1.82, 2.24) is 0 Å². The molecule has 4 atom stereocenters. The van der Waals surface area contributed by atoms with Gasteiger partial charge in [0.2, 0.25) is 0 Å². The molecule has 4 aromatic carbocycles. The van der Waals surface area contributed by atoms with Crippen molar-refractivity contribution < 1.29 is 28.9 Å². The van der Waals surface area contributed by atoms with Crippen molar-refractivity contribution in [3.05, 3.63) is 119 Å². The first-order chi connectivity index (χ1) is 22.6. The third-order valence-corrected chi connectivity index (χ3v) is 10.0. The SMILES string of the molecule is COc1ccc(C(=O)Nc2cccc(CN3C(=O)[C@@]4(O[C@@H](CCO)[C@H](C(C)(C)c5ccc(OC)cc5)[C@H]4C)c4ccccc43)c2)cc1. The monoisotopic (exact) mass is 634 g/mol. The molecule has 2 N–H and O–H groups in total. The normalized spacial score (nSPS) is 22.0. The minimum absolute atomic E-state index is 0.0444. The number of nitrogens with one attached hydrogen (secondary N) is 1. The second kappa shape index (κ2) is 12.9. The second-order valence-corrected chi connectivity index (χ2v) is 13.0. The Balaban J connectivity index is 1.30. The van der Waals surface area contributed by atoms with Crippen molar-refractivity contribution in [3.63, 3.8) is 0 Å². The zero-order valence-corrected chi connectivity index (χ0v) is 27.5. The highest BCUT2D eigenvalue weighted by Crippen LogP contribution is 2.59. The predicted molar refractivity (Wildman–Crippen MR) is 182 cm³/mol. The van der Waals surface area contributed by atoms with Gasteiger partial charge in [-0.25, -0.2) is 0 Å². The fourth-order valence-electron chi connectivity index (χ4n) is 7.70. The van der Waals surface area contributed by atoms with Gasteiger partial charge in [0.1, 0.15) is 11.5 Å². The number of rotatable bonds is 10. The number of aliphatic hydroxyl groups is 1. The van der Waals surface area contributed by atoms with Gasteiger partial charge in [-0.1, -0.05) is 63.2 Å². The smallest absolute Gasteiger partial charge is 0.264 e. The maximum absolute atomic E-state index is 14.8. The van der Waals surface area contributed by atoms with E-state index in [4.69, 9.17) is 14.2 Å². The van der Waals surface area contributed by atoms with E-state index in [0.717, 1.165) is 28.1 Å². The first kappa shape index (κ1) is 32.3. The van der Waals surface area contributed by atoms with Crippen LogP contribution in [-0.4, -0.2) is 43.9 Å². The summed E-state index contributed by atoms with van der Waals surface area (Å²) in [7, 11) is 3.23. The highest BCUT2D eigenvalue weighted by Gasteiger charge is 2.65. The Morgan fingerprint density at radius 1 is 0.936 bits per heavy atom. The van der Waals surface area contributed by atoms with Gasteiger partial charge in [-0.3, -0.25) is 9.59 Å². The van der Waals surface area contributed by atoms with E-state index in [1.807, 2.05) is 60.7 Å². The van der Waals surface area contributed by atoms with Gasteiger partial charge in [0.15, 0.2) is 5.60 Å². The molecule has 2 aliphatic rings. The van der Waals surface area contributed by atoms with E-state index >= 15 is 0 Å². The van der Waals surface area contributed by atoms with Gasteiger partial charge in [-0.2, -0.15) is 0 Å². The molecule has 1 fully saturated rings. The summed E-state index contributed by atoms with van der Waals surface area (Å²) in [6, 6.07) is 30.4. The molecule has 0 unspecified atom stereocenters. The third-order valence-electron chi connectivity index (χ3n) is 10.0. The Bertz CT molecular complexity index is 1750. The van der Waals surface area contributed by atoms with E-state index in [1.165, 1.54) is 0 Å². The van der Waals surface area contributed by atoms with Crippen LogP contribution in [-0.2, 0) is 27.1 Å². The number of benzene rings is 4. The first-order valence-electron chi connectivity index (χ1n) is 16.0. The zero-order chi connectivity index (χ0) is 33.3. The van der Waals surface area contributed by atoms with Crippen molar-refractivity contribution in [2.75, 3.05) is 31.0 Å². The molecule has 6 rings (SSSR count). The summed E-state index contributed by atoms with van der Waals surface area (Å²) in [5, 5.41) is 13.1. The average molecular weight is 635 g/mol. The molecule has 2 amide bonds. The number of nitrogens with zero attached hydrogens (tertiary/aromatic N) is 1.